The number of methoxy groups -OCH3 is 1. The van der Waals surface area contributed by atoms with Gasteiger partial charge in [-0.2, -0.15) is 0 Å². The highest BCUT2D eigenvalue weighted by molar-refractivity contribution is 7.13. The van der Waals surface area contributed by atoms with Gasteiger partial charge in [0.1, 0.15) is 5.75 Å². The molecule has 3 fully saturated rings. The fraction of sp³-hybridized carbons (Fsp3) is 0.316. The van der Waals surface area contributed by atoms with E-state index in [9.17, 15) is 4.79 Å². The maximum Gasteiger partial charge on any atom is 0.322 e. The third kappa shape index (κ3) is 3.12. The van der Waals surface area contributed by atoms with Crippen molar-refractivity contribution in [3.8, 4) is 16.5 Å². The van der Waals surface area contributed by atoms with Gasteiger partial charge in [0.05, 0.1) is 29.8 Å². The second-order valence-corrected chi connectivity index (χ2v) is 7.70. The first-order valence-corrected chi connectivity index (χ1v) is 9.85. The van der Waals surface area contributed by atoms with E-state index in [4.69, 9.17) is 13.9 Å². The Kier molecular flexibility index (Phi) is 4.25. The lowest BCUT2D eigenvalue weighted by Crippen LogP contribution is -2.57. The van der Waals surface area contributed by atoms with E-state index in [-0.39, 0.29) is 11.9 Å². The molecular weight excluding hydrogens is 380 g/mol. The molecule has 144 valence electrons. The highest BCUT2D eigenvalue weighted by atomic mass is 32.1. The molecule has 3 aliphatic rings. The van der Waals surface area contributed by atoms with Gasteiger partial charge in [0.25, 0.3) is 11.8 Å². The summed E-state index contributed by atoms with van der Waals surface area (Å²) in [6.45, 7) is 1.72. The Balaban J connectivity index is 1.33. The van der Waals surface area contributed by atoms with Crippen molar-refractivity contribution in [2.45, 2.75) is 18.6 Å². The number of aromatic nitrogens is 2. The van der Waals surface area contributed by atoms with E-state index in [1.165, 1.54) is 11.3 Å². The molecule has 0 radical (unpaired) electrons. The van der Waals surface area contributed by atoms with Gasteiger partial charge in [-0.05, 0) is 23.6 Å². The van der Waals surface area contributed by atoms with Crippen LogP contribution in [0.25, 0.3) is 10.8 Å². The maximum absolute atomic E-state index is 12.7. The van der Waals surface area contributed by atoms with Crippen LogP contribution in [-0.2, 0) is 4.74 Å². The van der Waals surface area contributed by atoms with Crippen molar-refractivity contribution in [3.05, 3.63) is 41.3 Å². The van der Waals surface area contributed by atoms with Crippen LogP contribution in [-0.4, -0.2) is 48.5 Å². The number of rotatable bonds is 5. The van der Waals surface area contributed by atoms with Crippen LogP contribution in [0.4, 0.5) is 11.7 Å². The van der Waals surface area contributed by atoms with Gasteiger partial charge < -0.3 is 18.8 Å². The molecule has 3 aliphatic heterocycles. The second kappa shape index (κ2) is 6.92. The monoisotopic (exact) mass is 398 g/mol. The predicted molar refractivity (Wildman–Crippen MR) is 104 cm³/mol. The smallest absolute Gasteiger partial charge is 0.322 e. The molecule has 5 heterocycles. The Morgan fingerprint density at radius 2 is 2.11 bits per heavy atom. The van der Waals surface area contributed by atoms with Gasteiger partial charge in [0.15, 0.2) is 0 Å². The summed E-state index contributed by atoms with van der Waals surface area (Å²) in [5, 5.41) is 12.4. The largest absolute Gasteiger partial charge is 0.496 e. The van der Waals surface area contributed by atoms with Crippen LogP contribution in [0.1, 0.15) is 16.8 Å². The number of piperidine rings is 1. The lowest BCUT2D eigenvalue weighted by Gasteiger charge is -2.48. The number of carbonyl (C=O) groups is 1. The van der Waals surface area contributed by atoms with Crippen molar-refractivity contribution >= 4 is 28.9 Å². The Bertz CT molecular complexity index is 987. The number of hydrogen-bond acceptors (Lipinski definition) is 8. The first-order valence-electron chi connectivity index (χ1n) is 8.97. The van der Waals surface area contributed by atoms with E-state index < -0.39 is 0 Å². The van der Waals surface area contributed by atoms with Gasteiger partial charge in [-0.25, -0.2) is 0 Å². The van der Waals surface area contributed by atoms with Crippen molar-refractivity contribution in [3.63, 3.8) is 0 Å². The maximum atomic E-state index is 12.7. The number of nitrogens with one attached hydrogen (secondary N) is 1. The van der Waals surface area contributed by atoms with Crippen LogP contribution < -0.4 is 15.0 Å². The molecule has 1 amide bonds. The molecule has 3 aromatic rings. The van der Waals surface area contributed by atoms with Crippen molar-refractivity contribution in [2.24, 2.45) is 0 Å². The first kappa shape index (κ1) is 17.2. The zero-order chi connectivity index (χ0) is 19.1. The number of morpholine rings is 1. The number of thiophene rings is 1. The van der Waals surface area contributed by atoms with Crippen LogP contribution in [0.15, 0.2) is 40.1 Å². The number of hydrogen-bond donors (Lipinski definition) is 1. The molecule has 1 N–H and O–H groups in total. The minimum Gasteiger partial charge on any atom is -0.496 e. The van der Waals surface area contributed by atoms with E-state index in [1.54, 1.807) is 13.2 Å². The highest BCUT2D eigenvalue weighted by Gasteiger charge is 2.38. The Morgan fingerprint density at radius 3 is 2.82 bits per heavy atom. The van der Waals surface area contributed by atoms with E-state index in [1.807, 2.05) is 29.6 Å². The first-order chi connectivity index (χ1) is 13.7. The molecule has 2 unspecified atom stereocenters. The molecule has 1 aromatic carbocycles. The van der Waals surface area contributed by atoms with Crippen LogP contribution >= 0.6 is 11.3 Å². The van der Waals surface area contributed by atoms with Crippen molar-refractivity contribution in [1.29, 1.82) is 0 Å². The van der Waals surface area contributed by atoms with Crippen molar-refractivity contribution in [1.82, 2.24) is 10.2 Å². The molecule has 0 spiro atoms. The molecule has 28 heavy (non-hydrogen) atoms. The highest BCUT2D eigenvalue weighted by Crippen LogP contribution is 2.34. The van der Waals surface area contributed by atoms with Crippen LogP contribution in [0.5, 0.6) is 5.75 Å². The number of ether oxygens (including phenoxy) is 2. The summed E-state index contributed by atoms with van der Waals surface area (Å²) < 4.78 is 16.7. The second-order valence-electron chi connectivity index (χ2n) is 6.75. The van der Waals surface area contributed by atoms with E-state index in [0.29, 0.717) is 29.4 Å². The number of fused-ring (bicyclic) bond motifs is 2. The Labute approximate surface area is 165 Å². The molecule has 6 rings (SSSR count). The minimum absolute atomic E-state index is 0.0489. The predicted octanol–water partition coefficient (Wildman–Crippen LogP) is 3.04. The quantitative estimate of drug-likeness (QED) is 0.706. The van der Waals surface area contributed by atoms with Gasteiger partial charge >= 0.3 is 6.01 Å². The van der Waals surface area contributed by atoms with Gasteiger partial charge in [-0.1, -0.05) is 11.2 Å². The Morgan fingerprint density at radius 1 is 1.29 bits per heavy atom. The lowest BCUT2D eigenvalue weighted by molar-refractivity contribution is -0.133. The summed E-state index contributed by atoms with van der Waals surface area (Å²) in [7, 11) is 1.55. The van der Waals surface area contributed by atoms with Gasteiger partial charge in [0, 0.05) is 31.3 Å². The van der Waals surface area contributed by atoms with E-state index in [2.05, 4.69) is 20.4 Å². The zero-order valence-corrected chi connectivity index (χ0v) is 15.9. The van der Waals surface area contributed by atoms with Crippen molar-refractivity contribution in [2.75, 3.05) is 30.4 Å². The van der Waals surface area contributed by atoms with E-state index in [0.717, 1.165) is 30.1 Å². The summed E-state index contributed by atoms with van der Waals surface area (Å²) >= 11 is 1.49. The summed E-state index contributed by atoms with van der Waals surface area (Å²) in [5.41, 5.74) is 1.42. The summed E-state index contributed by atoms with van der Waals surface area (Å²) in [6, 6.07) is 9.37. The molecule has 0 aliphatic carbocycles. The van der Waals surface area contributed by atoms with Gasteiger partial charge in [-0.15, -0.1) is 16.4 Å². The zero-order valence-electron chi connectivity index (χ0n) is 15.1. The number of amides is 1. The molecule has 3 saturated heterocycles. The molecular formula is C19H18N4O4S. The van der Waals surface area contributed by atoms with Gasteiger partial charge in [0.2, 0.25) is 0 Å². The van der Waals surface area contributed by atoms with Crippen LogP contribution in [0.3, 0.4) is 0 Å². The average Bonchev–Trinajstić information content (AvgIpc) is 3.38. The standard InChI is InChI=1S/C19H18N4O4S/c1-25-15-7-11(23-9-12-8-13(10-23)26-12)4-5-14(15)17(24)20-19-22-21-18(27-19)16-3-2-6-28-16/h2-7,12-13H,8-10H2,1H3,(H,20,22,24). The fourth-order valence-electron chi connectivity index (χ4n) is 3.57. The third-order valence-corrected chi connectivity index (χ3v) is 5.79. The van der Waals surface area contributed by atoms with E-state index >= 15 is 0 Å². The van der Waals surface area contributed by atoms with Crippen LogP contribution in [0, 0.1) is 0 Å². The summed E-state index contributed by atoms with van der Waals surface area (Å²) in [6.07, 6.45) is 1.75. The number of nitrogens with zero attached hydrogens (tertiary/aromatic N) is 3. The number of carbonyl (C=O) groups excluding carboxylic acids is 1. The van der Waals surface area contributed by atoms with Crippen molar-refractivity contribution < 1.29 is 18.7 Å². The summed E-state index contributed by atoms with van der Waals surface area (Å²) in [4.78, 5) is 15.8. The fourth-order valence-corrected chi connectivity index (χ4v) is 4.21. The lowest BCUT2D eigenvalue weighted by atomic mass is 9.98. The topological polar surface area (TPSA) is 89.7 Å². The molecule has 0 saturated carbocycles. The molecule has 8 nitrogen and oxygen atoms in total. The molecule has 2 atom stereocenters. The number of anilines is 2. The summed E-state index contributed by atoms with van der Waals surface area (Å²) in [5.74, 6) is 0.501. The average molecular weight is 398 g/mol. The molecule has 2 aromatic heterocycles. The molecule has 2 bridgehead atoms. The SMILES string of the molecule is COc1cc(N2CC3CC(C2)O3)ccc1C(=O)Nc1nnc(-c2cccs2)o1. The number of benzene rings is 1. The van der Waals surface area contributed by atoms with Gasteiger partial charge in [-0.3, -0.25) is 10.1 Å². The molecule has 9 heteroatoms. The Hall–Kier alpha value is -2.91. The van der Waals surface area contributed by atoms with Crippen LogP contribution in [0.2, 0.25) is 0 Å². The minimum atomic E-state index is -0.366. The third-order valence-electron chi connectivity index (χ3n) is 4.93. The normalized spacial score (nSPS) is 20.5.